The average Bonchev–Trinajstić information content (AvgIpc) is 3.60. The fraction of sp³-hybridized carbons (Fsp3) is 0.370. The molecule has 3 aliphatic rings. The van der Waals surface area contributed by atoms with Crippen molar-refractivity contribution in [3.63, 3.8) is 0 Å². The molecule has 40 heavy (non-hydrogen) atoms. The van der Waals surface area contributed by atoms with E-state index in [1.54, 1.807) is 28.6 Å². The maximum atomic E-state index is 12.6. The number of pyridine rings is 1. The van der Waals surface area contributed by atoms with Gasteiger partial charge in [-0.25, -0.2) is 4.52 Å². The summed E-state index contributed by atoms with van der Waals surface area (Å²) in [4.78, 5) is 21.3. The molecule has 2 bridgehead atoms. The number of fused-ring (bicyclic) bond motifs is 3. The van der Waals surface area contributed by atoms with E-state index in [4.69, 9.17) is 0 Å². The molecule has 202 valence electrons. The van der Waals surface area contributed by atoms with E-state index in [9.17, 15) is 20.4 Å². The number of amides is 1. The van der Waals surface area contributed by atoms with E-state index in [1.807, 2.05) is 18.2 Å². The third kappa shape index (κ3) is 4.39. The molecule has 3 saturated heterocycles. The number of anilines is 2. The summed E-state index contributed by atoms with van der Waals surface area (Å²) in [6.45, 7) is 6.07. The molecule has 7 heterocycles. The van der Waals surface area contributed by atoms with Gasteiger partial charge in [-0.2, -0.15) is 15.6 Å². The number of rotatable bonds is 6. The number of aromatic nitrogens is 5. The first-order valence-electron chi connectivity index (χ1n) is 12.8. The lowest BCUT2D eigenvalue weighted by atomic mass is 9.85. The molecule has 2 N–H and O–H groups in total. The lowest BCUT2D eigenvalue weighted by Gasteiger charge is -2.57. The molecule has 0 saturated carbocycles. The molecule has 2 unspecified atom stereocenters. The van der Waals surface area contributed by atoms with Crippen molar-refractivity contribution in [3.8, 4) is 34.1 Å². The largest absolute Gasteiger partial charge is 0.381 e. The predicted octanol–water partition coefficient (Wildman–Crippen LogP) is 2.67. The maximum absolute atomic E-state index is 12.6. The lowest BCUT2D eigenvalue weighted by molar-refractivity contribution is -0.163. The molecule has 0 spiro atoms. The van der Waals surface area contributed by atoms with Gasteiger partial charge in [0.05, 0.1) is 52.4 Å². The minimum Gasteiger partial charge on any atom is -0.381 e. The van der Waals surface area contributed by atoms with Crippen molar-refractivity contribution in [1.82, 2.24) is 29.7 Å². The maximum Gasteiger partial charge on any atom is 0.254 e. The Morgan fingerprint density at radius 1 is 1.20 bits per heavy atom. The van der Waals surface area contributed by atoms with Crippen LogP contribution in [0.4, 0.5) is 10.8 Å². The number of nitrogens with zero attached hydrogens (tertiary/aromatic N) is 9. The molecule has 12 nitrogen and oxygen atoms in total. The van der Waals surface area contributed by atoms with Gasteiger partial charge >= 0.3 is 0 Å². The number of carbonyl (C=O) groups is 1. The molecule has 13 heteroatoms. The van der Waals surface area contributed by atoms with Crippen molar-refractivity contribution in [3.05, 3.63) is 42.2 Å². The van der Waals surface area contributed by atoms with Crippen molar-refractivity contribution >= 4 is 33.6 Å². The first kappa shape index (κ1) is 25.7. The Kier molecular flexibility index (Phi) is 6.13. The summed E-state index contributed by atoms with van der Waals surface area (Å²) >= 11 is 1.43. The van der Waals surface area contributed by atoms with Crippen LogP contribution in [-0.2, 0) is 4.79 Å². The van der Waals surface area contributed by atoms with Crippen LogP contribution in [0.2, 0.25) is 0 Å². The van der Waals surface area contributed by atoms with Crippen LogP contribution < -0.4 is 10.2 Å². The number of aliphatic hydroxyl groups is 1. The lowest BCUT2D eigenvalue weighted by Crippen LogP contribution is -2.72. The highest BCUT2D eigenvalue weighted by Gasteiger charge is 2.50. The Morgan fingerprint density at radius 3 is 2.67 bits per heavy atom. The highest BCUT2D eigenvalue weighted by atomic mass is 32.1. The smallest absolute Gasteiger partial charge is 0.254 e. The van der Waals surface area contributed by atoms with Gasteiger partial charge in [-0.1, -0.05) is 11.3 Å². The van der Waals surface area contributed by atoms with E-state index < -0.39 is 11.6 Å². The predicted molar refractivity (Wildman–Crippen MR) is 148 cm³/mol. The number of piperidine rings is 1. The van der Waals surface area contributed by atoms with Gasteiger partial charge in [0.2, 0.25) is 5.13 Å². The van der Waals surface area contributed by atoms with Crippen LogP contribution in [0.3, 0.4) is 0 Å². The first-order chi connectivity index (χ1) is 19.2. The number of nitrogens with one attached hydrogen (secondary N) is 1. The molecule has 1 amide bonds. The standard InChI is InChI=1S/C27H26N10O2S/c1-15(9-28)32-21-8-22(23-5-4-17-6-16(10-29)11-31-37(17)23)30-12-20(21)24-33-34-26(40-24)35-13-18-7-19(14-35)36(18)25(38)27(2,3)39/h4-6,8,11-12,15,18-19,39H,7,13-14H2,1-3H3,(H,30,32)/t15-,18?,19?/m1/s1. The number of hydrogen-bond acceptors (Lipinski definition) is 11. The summed E-state index contributed by atoms with van der Waals surface area (Å²) < 4.78 is 1.72. The second kappa shape index (κ2) is 9.55. The minimum atomic E-state index is -1.39. The summed E-state index contributed by atoms with van der Waals surface area (Å²) in [5, 5.41) is 46.8. The van der Waals surface area contributed by atoms with Crippen molar-refractivity contribution in [2.75, 3.05) is 23.3 Å². The average molecular weight is 555 g/mol. The SMILES string of the molecule is C[C@H](C#N)Nc1cc(-c2ccc3cc(C#N)cnn23)ncc1-c1nnc(N2CC3CC(C2)N3C(=O)C(C)(C)O)s1. The van der Waals surface area contributed by atoms with Crippen LogP contribution in [0.5, 0.6) is 0 Å². The molecule has 7 rings (SSSR count). The zero-order valence-corrected chi connectivity index (χ0v) is 22.9. The van der Waals surface area contributed by atoms with Crippen LogP contribution in [0.15, 0.2) is 36.7 Å². The fourth-order valence-electron chi connectivity index (χ4n) is 5.27. The van der Waals surface area contributed by atoms with E-state index in [-0.39, 0.29) is 18.0 Å². The van der Waals surface area contributed by atoms with Crippen LogP contribution in [0.1, 0.15) is 32.8 Å². The van der Waals surface area contributed by atoms with Crippen molar-refractivity contribution in [1.29, 1.82) is 10.5 Å². The fourth-order valence-corrected chi connectivity index (χ4v) is 6.16. The number of nitriles is 2. The van der Waals surface area contributed by atoms with E-state index in [1.165, 1.54) is 31.4 Å². The van der Waals surface area contributed by atoms with Crippen LogP contribution in [-0.4, -0.2) is 77.5 Å². The van der Waals surface area contributed by atoms with Gasteiger partial charge in [-0.15, -0.1) is 10.2 Å². The number of piperazine rings is 1. The molecule has 0 aliphatic carbocycles. The summed E-state index contributed by atoms with van der Waals surface area (Å²) in [6.07, 6.45) is 4.14. The summed E-state index contributed by atoms with van der Waals surface area (Å²) in [5.74, 6) is -0.240. The zero-order chi connectivity index (χ0) is 28.2. The first-order valence-corrected chi connectivity index (χ1v) is 13.7. The van der Waals surface area contributed by atoms with Crippen molar-refractivity contribution in [2.45, 2.75) is 50.9 Å². The molecule has 3 aliphatic heterocycles. The van der Waals surface area contributed by atoms with Crippen molar-refractivity contribution in [2.24, 2.45) is 0 Å². The quantitative estimate of drug-likeness (QED) is 0.363. The molecule has 3 atom stereocenters. The molecule has 0 aromatic carbocycles. The van der Waals surface area contributed by atoms with Gasteiger partial charge in [0.15, 0.2) is 5.01 Å². The van der Waals surface area contributed by atoms with Gasteiger partial charge < -0.3 is 20.2 Å². The third-order valence-electron chi connectivity index (χ3n) is 7.23. The van der Waals surface area contributed by atoms with Gasteiger partial charge in [0.1, 0.15) is 17.7 Å². The highest BCUT2D eigenvalue weighted by molar-refractivity contribution is 7.18. The van der Waals surface area contributed by atoms with Gasteiger partial charge in [-0.3, -0.25) is 9.78 Å². The molecule has 3 fully saturated rings. The van der Waals surface area contributed by atoms with Gasteiger partial charge in [0, 0.05) is 25.0 Å². The second-order valence-corrected chi connectivity index (χ2v) is 11.6. The second-order valence-electron chi connectivity index (χ2n) is 10.6. The van der Waals surface area contributed by atoms with Crippen molar-refractivity contribution < 1.29 is 9.90 Å². The third-order valence-corrected chi connectivity index (χ3v) is 8.25. The molecule has 0 radical (unpaired) electrons. The highest BCUT2D eigenvalue weighted by Crippen LogP contribution is 2.40. The van der Waals surface area contributed by atoms with E-state index >= 15 is 0 Å². The Hall–Kier alpha value is -4.59. The number of carbonyl (C=O) groups excluding carboxylic acids is 1. The molecule has 4 aromatic rings. The topological polar surface area (TPSA) is 159 Å². The van der Waals surface area contributed by atoms with E-state index in [2.05, 4.69) is 42.6 Å². The molecule has 4 aromatic heterocycles. The summed E-state index contributed by atoms with van der Waals surface area (Å²) in [5.41, 5.74) is 2.66. The van der Waals surface area contributed by atoms with E-state index in [0.29, 0.717) is 35.0 Å². The Morgan fingerprint density at radius 2 is 1.98 bits per heavy atom. The Bertz CT molecular complexity index is 1700. The van der Waals surface area contributed by atoms with E-state index in [0.717, 1.165) is 28.3 Å². The molecular formula is C27H26N10O2S. The zero-order valence-electron chi connectivity index (χ0n) is 22.1. The van der Waals surface area contributed by atoms with Crippen LogP contribution in [0, 0.1) is 22.7 Å². The monoisotopic (exact) mass is 554 g/mol. The Labute approximate surface area is 234 Å². The van der Waals surface area contributed by atoms with Gasteiger partial charge in [0.25, 0.3) is 5.91 Å². The normalized spacial score (nSPS) is 19.1. The van der Waals surface area contributed by atoms with Crippen LogP contribution >= 0.6 is 11.3 Å². The minimum absolute atomic E-state index is 0.0365. The summed E-state index contributed by atoms with van der Waals surface area (Å²) in [7, 11) is 0. The van der Waals surface area contributed by atoms with Crippen LogP contribution in [0.25, 0.3) is 27.5 Å². The summed E-state index contributed by atoms with van der Waals surface area (Å²) in [6, 6.07) is 11.3. The molecular weight excluding hydrogens is 528 g/mol. The number of hydrogen-bond donors (Lipinski definition) is 2. The Balaban J connectivity index is 1.28. The van der Waals surface area contributed by atoms with Gasteiger partial charge in [-0.05, 0) is 51.5 Å².